The summed E-state index contributed by atoms with van der Waals surface area (Å²) in [6.07, 6.45) is 5.34. The summed E-state index contributed by atoms with van der Waals surface area (Å²) in [5, 5.41) is 8.17. The van der Waals surface area contributed by atoms with Crippen LogP contribution in [0.3, 0.4) is 0 Å². The molecule has 0 amide bonds. The number of hydrogen-bond donors (Lipinski definition) is 1. The van der Waals surface area contributed by atoms with Crippen molar-refractivity contribution in [3.8, 4) is 0 Å². The number of aryl methyl sites for hydroxylation is 3. The van der Waals surface area contributed by atoms with E-state index in [1.807, 2.05) is 17.9 Å². The van der Waals surface area contributed by atoms with Gasteiger partial charge < -0.3 is 5.32 Å². The molecule has 0 bridgehead atoms. The molecular weight excluding hydrogens is 246 g/mol. The molecule has 0 radical (unpaired) electrons. The Kier molecular flexibility index (Phi) is 5.36. The molecule has 2 aromatic rings. The maximum absolute atomic E-state index is 4.55. The van der Waals surface area contributed by atoms with E-state index in [4.69, 9.17) is 0 Å². The van der Waals surface area contributed by atoms with Crippen molar-refractivity contribution in [2.24, 2.45) is 7.05 Å². The van der Waals surface area contributed by atoms with Crippen LogP contribution in [-0.2, 0) is 13.5 Å². The van der Waals surface area contributed by atoms with Gasteiger partial charge in [0.05, 0.1) is 11.7 Å². The lowest BCUT2D eigenvalue weighted by Gasteiger charge is -2.17. The molecular formula is C17H25N3. The average Bonchev–Trinajstić information content (AvgIpc) is 2.87. The Hall–Kier alpha value is -1.61. The molecule has 1 aromatic heterocycles. The van der Waals surface area contributed by atoms with E-state index in [1.54, 1.807) is 0 Å². The van der Waals surface area contributed by atoms with E-state index < -0.39 is 0 Å². The molecule has 1 atom stereocenters. The highest BCUT2D eigenvalue weighted by molar-refractivity contribution is 5.25. The van der Waals surface area contributed by atoms with Gasteiger partial charge in [-0.3, -0.25) is 4.68 Å². The lowest BCUT2D eigenvalue weighted by atomic mass is 9.99. The highest BCUT2D eigenvalue weighted by atomic mass is 15.3. The number of hydrogen-bond acceptors (Lipinski definition) is 2. The van der Waals surface area contributed by atoms with E-state index in [-0.39, 0.29) is 0 Å². The number of rotatable bonds is 7. The lowest BCUT2D eigenvalue weighted by molar-refractivity contribution is 0.483. The van der Waals surface area contributed by atoms with Gasteiger partial charge in [-0.2, -0.15) is 5.10 Å². The summed E-state index contributed by atoms with van der Waals surface area (Å²) in [5.74, 6) is 0. The maximum Gasteiger partial charge on any atom is 0.0793 e. The van der Waals surface area contributed by atoms with Crippen molar-refractivity contribution < 1.29 is 0 Å². The second-order valence-corrected chi connectivity index (χ2v) is 5.39. The summed E-state index contributed by atoms with van der Waals surface area (Å²) in [6, 6.07) is 11.1. The van der Waals surface area contributed by atoms with Crippen LogP contribution >= 0.6 is 0 Å². The molecule has 3 nitrogen and oxygen atoms in total. The van der Waals surface area contributed by atoms with Crippen LogP contribution in [0.1, 0.15) is 42.6 Å². The Morgan fingerprint density at radius 3 is 2.70 bits per heavy atom. The van der Waals surface area contributed by atoms with Gasteiger partial charge in [-0.15, -0.1) is 0 Å². The summed E-state index contributed by atoms with van der Waals surface area (Å²) >= 11 is 0. The fourth-order valence-electron chi connectivity index (χ4n) is 2.48. The van der Waals surface area contributed by atoms with Gasteiger partial charge in [0, 0.05) is 13.2 Å². The first kappa shape index (κ1) is 14.8. The Morgan fingerprint density at radius 1 is 1.25 bits per heavy atom. The third-order valence-corrected chi connectivity index (χ3v) is 3.70. The molecule has 1 unspecified atom stereocenters. The van der Waals surface area contributed by atoms with Crippen LogP contribution in [0.15, 0.2) is 36.5 Å². The third kappa shape index (κ3) is 3.94. The second-order valence-electron chi connectivity index (χ2n) is 5.39. The maximum atomic E-state index is 4.55. The van der Waals surface area contributed by atoms with Gasteiger partial charge in [0.25, 0.3) is 0 Å². The van der Waals surface area contributed by atoms with Crippen molar-refractivity contribution >= 4 is 0 Å². The van der Waals surface area contributed by atoms with Crippen molar-refractivity contribution in [1.82, 2.24) is 15.1 Å². The lowest BCUT2D eigenvalue weighted by Crippen LogP contribution is -2.23. The molecule has 0 aliphatic carbocycles. The minimum Gasteiger partial charge on any atom is -0.309 e. The molecule has 0 aliphatic heterocycles. The van der Waals surface area contributed by atoms with Gasteiger partial charge in [-0.25, -0.2) is 0 Å². The molecule has 0 saturated carbocycles. The van der Waals surface area contributed by atoms with Crippen molar-refractivity contribution in [2.45, 2.75) is 39.2 Å². The fourth-order valence-corrected chi connectivity index (χ4v) is 2.48. The van der Waals surface area contributed by atoms with Crippen LogP contribution in [0.2, 0.25) is 0 Å². The first-order valence-electron chi connectivity index (χ1n) is 7.48. The first-order chi connectivity index (χ1) is 9.70. The summed E-state index contributed by atoms with van der Waals surface area (Å²) in [6.45, 7) is 5.42. The Labute approximate surface area is 122 Å². The van der Waals surface area contributed by atoms with Crippen molar-refractivity contribution in [3.63, 3.8) is 0 Å². The van der Waals surface area contributed by atoms with E-state index in [0.717, 1.165) is 31.5 Å². The quantitative estimate of drug-likeness (QED) is 0.836. The third-order valence-electron chi connectivity index (χ3n) is 3.70. The summed E-state index contributed by atoms with van der Waals surface area (Å²) in [7, 11) is 1.97. The molecule has 2 rings (SSSR count). The molecule has 20 heavy (non-hydrogen) atoms. The number of benzene rings is 1. The van der Waals surface area contributed by atoms with E-state index in [9.17, 15) is 0 Å². The second kappa shape index (κ2) is 7.25. The minimum absolute atomic E-state index is 0.343. The molecule has 0 fully saturated rings. The van der Waals surface area contributed by atoms with E-state index in [1.165, 1.54) is 11.1 Å². The predicted octanol–water partition coefficient (Wildman–Crippen LogP) is 3.40. The Bertz CT molecular complexity index is 531. The summed E-state index contributed by atoms with van der Waals surface area (Å²) in [5.41, 5.74) is 3.96. The van der Waals surface area contributed by atoms with E-state index >= 15 is 0 Å². The zero-order valence-electron chi connectivity index (χ0n) is 12.8. The zero-order chi connectivity index (χ0) is 14.4. The number of nitrogens with one attached hydrogen (secondary N) is 1. The zero-order valence-corrected chi connectivity index (χ0v) is 12.8. The Morgan fingerprint density at radius 2 is 2.05 bits per heavy atom. The summed E-state index contributed by atoms with van der Waals surface area (Å²) < 4.78 is 1.88. The molecule has 108 valence electrons. The summed E-state index contributed by atoms with van der Waals surface area (Å²) in [4.78, 5) is 0. The molecule has 1 heterocycles. The van der Waals surface area contributed by atoms with Gasteiger partial charge in [0.15, 0.2) is 0 Å². The average molecular weight is 271 g/mol. The van der Waals surface area contributed by atoms with Crippen molar-refractivity contribution in [2.75, 3.05) is 6.54 Å². The van der Waals surface area contributed by atoms with Crippen molar-refractivity contribution in [1.29, 1.82) is 0 Å². The van der Waals surface area contributed by atoms with E-state index in [0.29, 0.717) is 6.04 Å². The predicted molar refractivity (Wildman–Crippen MR) is 83.7 cm³/mol. The van der Waals surface area contributed by atoms with Gasteiger partial charge in [-0.1, -0.05) is 31.2 Å². The Balaban J connectivity index is 2.03. The molecule has 0 saturated heterocycles. The minimum atomic E-state index is 0.343. The highest BCUT2D eigenvalue weighted by Crippen LogP contribution is 2.19. The smallest absolute Gasteiger partial charge is 0.0793 e. The van der Waals surface area contributed by atoms with Gasteiger partial charge in [0.1, 0.15) is 0 Å². The van der Waals surface area contributed by atoms with Crippen LogP contribution in [0.4, 0.5) is 0 Å². The molecule has 1 N–H and O–H groups in total. The molecule has 0 spiro atoms. The molecule has 0 aliphatic rings. The largest absolute Gasteiger partial charge is 0.309 e. The number of aromatic nitrogens is 2. The first-order valence-corrected chi connectivity index (χ1v) is 7.48. The highest BCUT2D eigenvalue weighted by Gasteiger charge is 2.13. The van der Waals surface area contributed by atoms with Gasteiger partial charge >= 0.3 is 0 Å². The van der Waals surface area contributed by atoms with Crippen LogP contribution in [0, 0.1) is 6.92 Å². The molecule has 1 aromatic carbocycles. The fraction of sp³-hybridized carbons (Fsp3) is 0.471. The van der Waals surface area contributed by atoms with Crippen LogP contribution in [0.25, 0.3) is 0 Å². The normalized spacial score (nSPS) is 12.6. The standard InChI is InChI=1S/C17H25N3/c1-4-12-18-16(17-11-13-20(3)19-17)10-9-15-8-6-5-7-14(15)2/h5-8,11,13,16,18H,4,9-10,12H2,1-3H3. The topological polar surface area (TPSA) is 29.9 Å². The van der Waals surface area contributed by atoms with Gasteiger partial charge in [-0.05, 0) is 49.9 Å². The molecule has 3 heteroatoms. The van der Waals surface area contributed by atoms with Gasteiger partial charge in [0.2, 0.25) is 0 Å². The SMILES string of the molecule is CCCNC(CCc1ccccc1C)c1ccn(C)n1. The van der Waals surface area contributed by atoms with Crippen molar-refractivity contribution in [3.05, 3.63) is 53.3 Å². The monoisotopic (exact) mass is 271 g/mol. The van der Waals surface area contributed by atoms with Crippen LogP contribution in [0.5, 0.6) is 0 Å². The van der Waals surface area contributed by atoms with Crippen LogP contribution in [-0.4, -0.2) is 16.3 Å². The number of nitrogens with zero attached hydrogens (tertiary/aromatic N) is 2. The van der Waals surface area contributed by atoms with E-state index in [2.05, 4.69) is 54.6 Å². The van der Waals surface area contributed by atoms with Crippen LogP contribution < -0.4 is 5.32 Å².